The molecule has 130 valence electrons. The smallest absolute Gasteiger partial charge is 0.370 e. The molecule has 0 spiro atoms. The maximum atomic E-state index is 12.1. The second-order valence-electron chi connectivity index (χ2n) is 5.81. The molecule has 2 aliphatic rings. The van der Waals surface area contributed by atoms with Crippen molar-refractivity contribution >= 4 is 11.9 Å². The minimum Gasteiger partial charge on any atom is -0.478 e. The van der Waals surface area contributed by atoms with Crippen molar-refractivity contribution in [3.63, 3.8) is 0 Å². The molecule has 0 aromatic rings. The van der Waals surface area contributed by atoms with E-state index in [1.54, 1.807) is 0 Å². The van der Waals surface area contributed by atoms with Crippen molar-refractivity contribution in [2.75, 3.05) is 6.61 Å². The lowest BCUT2D eigenvalue weighted by molar-refractivity contribution is -0.150. The number of hydrogen-bond donors (Lipinski definition) is 6. The van der Waals surface area contributed by atoms with Gasteiger partial charge in [-0.15, -0.1) is 0 Å². The number of aliphatic hydroxyl groups excluding tert-OH is 4. The number of carboxylic acids is 1. The standard InChI is InChI=1S/C14H21NO8/c16-5-8(18)11(19)12-10(15-13(20)6-2-1-3-6)7(17)4-9(23-12)14(21)22/h4,6-8,10-12,16-19H,1-3,5H2,(H,15,20)(H,21,22)/t7-,8+,10+,11+,12+/m0/s1. The molecule has 1 fully saturated rings. The Kier molecular flexibility index (Phi) is 5.58. The van der Waals surface area contributed by atoms with Crippen LogP contribution in [-0.2, 0) is 14.3 Å². The summed E-state index contributed by atoms with van der Waals surface area (Å²) < 4.78 is 5.11. The zero-order valence-corrected chi connectivity index (χ0v) is 12.3. The van der Waals surface area contributed by atoms with E-state index in [-0.39, 0.29) is 11.8 Å². The third-order valence-corrected chi connectivity index (χ3v) is 4.22. The summed E-state index contributed by atoms with van der Waals surface area (Å²) in [7, 11) is 0. The largest absolute Gasteiger partial charge is 0.478 e. The molecule has 0 saturated heterocycles. The van der Waals surface area contributed by atoms with E-state index >= 15 is 0 Å². The van der Waals surface area contributed by atoms with Crippen molar-refractivity contribution in [1.29, 1.82) is 0 Å². The molecule has 5 atom stereocenters. The Morgan fingerprint density at radius 1 is 1.35 bits per heavy atom. The summed E-state index contributed by atoms with van der Waals surface area (Å²) in [6.45, 7) is -0.785. The Morgan fingerprint density at radius 2 is 2.00 bits per heavy atom. The minimum atomic E-state index is -1.69. The van der Waals surface area contributed by atoms with Crippen molar-refractivity contribution in [3.05, 3.63) is 11.8 Å². The number of aliphatic hydroxyl groups is 4. The van der Waals surface area contributed by atoms with Crippen molar-refractivity contribution in [1.82, 2.24) is 5.32 Å². The summed E-state index contributed by atoms with van der Waals surface area (Å²) in [6.07, 6.45) is -2.83. The van der Waals surface area contributed by atoms with E-state index in [1.165, 1.54) is 0 Å². The number of carboxylic acid groups (broad SMARTS) is 1. The van der Waals surface area contributed by atoms with Gasteiger partial charge in [0.1, 0.15) is 18.3 Å². The van der Waals surface area contributed by atoms with Gasteiger partial charge in [0.05, 0.1) is 12.6 Å². The first-order valence-corrected chi connectivity index (χ1v) is 7.42. The first-order chi connectivity index (χ1) is 10.8. The first kappa shape index (κ1) is 17.7. The molecule has 9 heteroatoms. The van der Waals surface area contributed by atoms with Gasteiger partial charge in [-0.2, -0.15) is 0 Å². The second kappa shape index (κ2) is 7.26. The zero-order valence-electron chi connectivity index (χ0n) is 12.3. The van der Waals surface area contributed by atoms with Gasteiger partial charge in [0.2, 0.25) is 11.7 Å². The van der Waals surface area contributed by atoms with Gasteiger partial charge in [0, 0.05) is 5.92 Å². The molecule has 9 nitrogen and oxygen atoms in total. The fraction of sp³-hybridized carbons (Fsp3) is 0.714. The van der Waals surface area contributed by atoms with E-state index in [4.69, 9.17) is 14.9 Å². The van der Waals surface area contributed by atoms with Crippen LogP contribution in [0.4, 0.5) is 0 Å². The number of hydrogen-bond acceptors (Lipinski definition) is 7. The van der Waals surface area contributed by atoms with Crippen LogP contribution in [0.1, 0.15) is 19.3 Å². The molecule has 1 heterocycles. The van der Waals surface area contributed by atoms with Gasteiger partial charge in [-0.25, -0.2) is 4.79 Å². The Bertz CT molecular complexity index is 489. The summed E-state index contributed by atoms with van der Waals surface area (Å²) >= 11 is 0. The highest BCUT2D eigenvalue weighted by molar-refractivity contribution is 5.85. The molecule has 1 saturated carbocycles. The molecule has 0 unspecified atom stereocenters. The van der Waals surface area contributed by atoms with Crippen LogP contribution < -0.4 is 5.32 Å². The predicted molar refractivity (Wildman–Crippen MR) is 75.0 cm³/mol. The van der Waals surface area contributed by atoms with Crippen molar-refractivity contribution in [3.8, 4) is 0 Å². The third kappa shape index (κ3) is 3.81. The highest BCUT2D eigenvalue weighted by atomic mass is 16.5. The van der Waals surface area contributed by atoms with Crippen LogP contribution in [0.5, 0.6) is 0 Å². The molecule has 0 bridgehead atoms. The van der Waals surface area contributed by atoms with Gasteiger partial charge in [0.15, 0.2) is 6.10 Å². The number of nitrogens with one attached hydrogen (secondary N) is 1. The minimum absolute atomic E-state index is 0.187. The number of amides is 1. The van der Waals surface area contributed by atoms with Crippen LogP contribution >= 0.6 is 0 Å². The molecule has 0 aromatic heterocycles. The summed E-state index contributed by atoms with van der Waals surface area (Å²) in [6, 6.07) is -1.14. The Balaban J connectivity index is 2.19. The lowest BCUT2D eigenvalue weighted by Gasteiger charge is -2.39. The lowest BCUT2D eigenvalue weighted by atomic mass is 9.84. The van der Waals surface area contributed by atoms with E-state index in [0.717, 1.165) is 25.3 Å². The highest BCUT2D eigenvalue weighted by Gasteiger charge is 2.44. The van der Waals surface area contributed by atoms with Crippen LogP contribution in [0.3, 0.4) is 0 Å². The SMILES string of the molecule is O=C(O)C1=C[C@H](O)[C@@H](NC(=O)C2CCC2)[C@H]([C@H](O)[C@H](O)CO)O1. The monoisotopic (exact) mass is 331 g/mol. The van der Waals surface area contributed by atoms with Gasteiger partial charge in [0.25, 0.3) is 0 Å². The first-order valence-electron chi connectivity index (χ1n) is 7.42. The molecule has 0 radical (unpaired) electrons. The maximum absolute atomic E-state index is 12.1. The van der Waals surface area contributed by atoms with Gasteiger partial charge in [-0.1, -0.05) is 6.42 Å². The number of carbonyl (C=O) groups is 2. The lowest BCUT2D eigenvalue weighted by Crippen LogP contribution is -2.61. The molecular weight excluding hydrogens is 310 g/mol. The van der Waals surface area contributed by atoms with E-state index < -0.39 is 48.8 Å². The average Bonchev–Trinajstić information content (AvgIpc) is 2.45. The molecule has 6 N–H and O–H groups in total. The summed E-state index contributed by atoms with van der Waals surface area (Å²) in [5, 5.41) is 50.1. The van der Waals surface area contributed by atoms with Crippen LogP contribution in [0.25, 0.3) is 0 Å². The molecule has 2 rings (SSSR count). The van der Waals surface area contributed by atoms with Crippen LogP contribution in [0.15, 0.2) is 11.8 Å². The van der Waals surface area contributed by atoms with E-state index in [0.29, 0.717) is 0 Å². The molecule has 0 aromatic carbocycles. The maximum Gasteiger partial charge on any atom is 0.370 e. The fourth-order valence-electron chi connectivity index (χ4n) is 2.56. The number of aliphatic carboxylic acids is 1. The molecule has 1 aliphatic carbocycles. The highest BCUT2D eigenvalue weighted by Crippen LogP contribution is 2.28. The summed E-state index contributed by atoms with van der Waals surface area (Å²) in [4.78, 5) is 23.1. The molecule has 1 aliphatic heterocycles. The van der Waals surface area contributed by atoms with Gasteiger partial charge in [-0.3, -0.25) is 4.79 Å². The van der Waals surface area contributed by atoms with Gasteiger partial charge in [-0.05, 0) is 18.9 Å². The Labute approximate surface area is 132 Å². The molecule has 1 amide bonds. The van der Waals surface area contributed by atoms with Crippen LogP contribution in [0.2, 0.25) is 0 Å². The number of ether oxygens (including phenoxy) is 1. The van der Waals surface area contributed by atoms with Crippen LogP contribution in [-0.4, -0.2) is 74.5 Å². The van der Waals surface area contributed by atoms with E-state index in [1.807, 2.05) is 0 Å². The predicted octanol–water partition coefficient (Wildman–Crippen LogP) is -2.29. The van der Waals surface area contributed by atoms with Crippen molar-refractivity contribution in [2.45, 2.75) is 49.7 Å². The normalized spacial score (nSPS) is 30.4. The average molecular weight is 331 g/mol. The van der Waals surface area contributed by atoms with Crippen molar-refractivity contribution in [2.24, 2.45) is 5.92 Å². The summed E-state index contributed by atoms with van der Waals surface area (Å²) in [5.74, 6) is -2.57. The van der Waals surface area contributed by atoms with E-state index in [2.05, 4.69) is 5.32 Å². The summed E-state index contributed by atoms with van der Waals surface area (Å²) in [5.41, 5.74) is 0. The Hall–Kier alpha value is -1.68. The molecule has 23 heavy (non-hydrogen) atoms. The third-order valence-electron chi connectivity index (χ3n) is 4.22. The van der Waals surface area contributed by atoms with E-state index in [9.17, 15) is 24.9 Å². The zero-order chi connectivity index (χ0) is 17.1. The fourth-order valence-corrected chi connectivity index (χ4v) is 2.56. The van der Waals surface area contributed by atoms with Gasteiger partial charge >= 0.3 is 5.97 Å². The van der Waals surface area contributed by atoms with Crippen LogP contribution in [0, 0.1) is 5.92 Å². The topological polar surface area (TPSA) is 157 Å². The van der Waals surface area contributed by atoms with Gasteiger partial charge < -0.3 is 35.6 Å². The molecular formula is C14H21NO8. The quantitative estimate of drug-likeness (QED) is 0.318. The number of rotatable bonds is 6. The number of carbonyl (C=O) groups excluding carboxylic acids is 1. The second-order valence-corrected chi connectivity index (χ2v) is 5.81. The van der Waals surface area contributed by atoms with Crippen molar-refractivity contribution < 1.29 is 39.9 Å². The Morgan fingerprint density at radius 3 is 2.48 bits per heavy atom.